The molecule has 0 saturated heterocycles. The molecule has 1 fully saturated rings. The van der Waals surface area contributed by atoms with E-state index in [-0.39, 0.29) is 5.91 Å². The van der Waals surface area contributed by atoms with E-state index < -0.39 is 0 Å². The Balaban J connectivity index is 1.85. The third-order valence-electron chi connectivity index (χ3n) is 4.93. The molecule has 1 unspecified atom stereocenters. The van der Waals surface area contributed by atoms with Crippen molar-refractivity contribution in [2.24, 2.45) is 5.41 Å². The summed E-state index contributed by atoms with van der Waals surface area (Å²) in [5.74, 6) is 0.139. The third kappa shape index (κ3) is 2.65. The highest BCUT2D eigenvalue weighted by atomic mass is 79.9. The standard InChI is InChI=1S/C17H22BrNO/c1-17(9-3-2-4-10-17)16(18)13-5-7-14-12(11-13)6-8-15(20)19-14/h5,7,11,16H,2-4,6,8-10H2,1H3,(H,19,20). The van der Waals surface area contributed by atoms with Crippen LogP contribution in [-0.2, 0) is 11.2 Å². The average Bonchev–Trinajstić information content (AvgIpc) is 2.46. The van der Waals surface area contributed by atoms with Crippen LogP contribution in [0.2, 0.25) is 0 Å². The maximum atomic E-state index is 11.4. The van der Waals surface area contributed by atoms with Gasteiger partial charge in [-0.2, -0.15) is 0 Å². The van der Waals surface area contributed by atoms with E-state index >= 15 is 0 Å². The van der Waals surface area contributed by atoms with Gasteiger partial charge in [-0.05, 0) is 41.9 Å². The summed E-state index contributed by atoms with van der Waals surface area (Å²) in [6, 6.07) is 6.53. The van der Waals surface area contributed by atoms with Crippen molar-refractivity contribution in [1.82, 2.24) is 0 Å². The fourth-order valence-electron chi connectivity index (χ4n) is 3.58. The van der Waals surface area contributed by atoms with Gasteiger partial charge in [0.15, 0.2) is 0 Å². The number of carbonyl (C=O) groups excluding carboxylic acids is 1. The van der Waals surface area contributed by atoms with E-state index in [1.165, 1.54) is 43.2 Å². The molecule has 1 N–H and O–H groups in total. The molecular weight excluding hydrogens is 314 g/mol. The fraction of sp³-hybridized carbons (Fsp3) is 0.588. The van der Waals surface area contributed by atoms with Gasteiger partial charge in [-0.1, -0.05) is 54.2 Å². The van der Waals surface area contributed by atoms with Crippen molar-refractivity contribution in [3.05, 3.63) is 29.3 Å². The van der Waals surface area contributed by atoms with Gasteiger partial charge in [-0.15, -0.1) is 0 Å². The molecule has 3 heteroatoms. The van der Waals surface area contributed by atoms with Crippen LogP contribution in [0.4, 0.5) is 5.69 Å². The summed E-state index contributed by atoms with van der Waals surface area (Å²) in [5, 5.41) is 2.96. The van der Waals surface area contributed by atoms with E-state index in [1.54, 1.807) is 0 Å². The van der Waals surface area contributed by atoms with Crippen LogP contribution in [0.25, 0.3) is 0 Å². The first-order valence-corrected chi connectivity index (χ1v) is 8.57. The van der Waals surface area contributed by atoms with E-state index in [2.05, 4.69) is 46.4 Å². The highest BCUT2D eigenvalue weighted by Crippen LogP contribution is 2.50. The van der Waals surface area contributed by atoms with Crippen LogP contribution in [-0.4, -0.2) is 5.91 Å². The molecular formula is C17H22BrNO. The SMILES string of the molecule is CC1(C(Br)c2ccc3c(c2)CCC(=O)N3)CCCCC1. The molecule has 1 aliphatic heterocycles. The lowest BCUT2D eigenvalue weighted by Gasteiger charge is -2.38. The summed E-state index contributed by atoms with van der Waals surface area (Å²) in [5.41, 5.74) is 4.01. The highest BCUT2D eigenvalue weighted by molar-refractivity contribution is 9.09. The molecule has 1 heterocycles. The smallest absolute Gasteiger partial charge is 0.224 e. The van der Waals surface area contributed by atoms with Crippen molar-refractivity contribution in [3.63, 3.8) is 0 Å². The number of benzene rings is 1. The summed E-state index contributed by atoms with van der Waals surface area (Å²) in [6.45, 7) is 2.41. The zero-order valence-electron chi connectivity index (χ0n) is 12.0. The van der Waals surface area contributed by atoms with Crippen molar-refractivity contribution in [2.45, 2.75) is 56.7 Å². The average molecular weight is 336 g/mol. The minimum Gasteiger partial charge on any atom is -0.326 e. The number of nitrogens with one attached hydrogen (secondary N) is 1. The molecule has 1 aromatic rings. The van der Waals surface area contributed by atoms with E-state index in [9.17, 15) is 4.79 Å². The molecule has 3 rings (SSSR count). The minimum absolute atomic E-state index is 0.139. The van der Waals surface area contributed by atoms with E-state index in [1.807, 2.05) is 0 Å². The lowest BCUT2D eigenvalue weighted by molar-refractivity contribution is -0.116. The number of hydrogen-bond acceptors (Lipinski definition) is 1. The van der Waals surface area contributed by atoms with Gasteiger partial charge < -0.3 is 5.32 Å². The van der Waals surface area contributed by atoms with Gasteiger partial charge in [-0.3, -0.25) is 4.79 Å². The lowest BCUT2D eigenvalue weighted by Crippen LogP contribution is -2.25. The number of rotatable bonds is 2. The van der Waals surface area contributed by atoms with Gasteiger partial charge in [0.05, 0.1) is 0 Å². The number of fused-ring (bicyclic) bond motifs is 1. The molecule has 1 saturated carbocycles. The van der Waals surface area contributed by atoms with Crippen LogP contribution in [0.5, 0.6) is 0 Å². The molecule has 0 spiro atoms. The molecule has 2 aliphatic rings. The zero-order valence-corrected chi connectivity index (χ0v) is 13.6. The van der Waals surface area contributed by atoms with Gasteiger partial charge in [0.25, 0.3) is 0 Å². The van der Waals surface area contributed by atoms with Crippen LogP contribution >= 0.6 is 15.9 Å². The Morgan fingerprint density at radius 3 is 2.70 bits per heavy atom. The van der Waals surface area contributed by atoms with Crippen molar-refractivity contribution in [3.8, 4) is 0 Å². The molecule has 0 bridgehead atoms. The molecule has 2 nitrogen and oxygen atoms in total. The molecule has 1 amide bonds. The molecule has 0 radical (unpaired) electrons. The summed E-state index contributed by atoms with van der Waals surface area (Å²) in [4.78, 5) is 11.8. The van der Waals surface area contributed by atoms with Gasteiger partial charge in [0.1, 0.15) is 0 Å². The predicted molar refractivity (Wildman–Crippen MR) is 86.3 cm³/mol. The van der Waals surface area contributed by atoms with Crippen LogP contribution in [0.15, 0.2) is 18.2 Å². The molecule has 108 valence electrons. The molecule has 1 aliphatic carbocycles. The van der Waals surface area contributed by atoms with E-state index in [4.69, 9.17) is 0 Å². The number of alkyl halides is 1. The van der Waals surface area contributed by atoms with Crippen molar-refractivity contribution in [1.29, 1.82) is 0 Å². The Morgan fingerprint density at radius 1 is 1.20 bits per heavy atom. The topological polar surface area (TPSA) is 29.1 Å². The second-order valence-electron chi connectivity index (χ2n) is 6.54. The molecule has 20 heavy (non-hydrogen) atoms. The van der Waals surface area contributed by atoms with Crippen molar-refractivity contribution in [2.75, 3.05) is 5.32 Å². The maximum absolute atomic E-state index is 11.4. The first-order valence-electron chi connectivity index (χ1n) is 7.65. The maximum Gasteiger partial charge on any atom is 0.224 e. The van der Waals surface area contributed by atoms with Gasteiger partial charge >= 0.3 is 0 Å². The normalized spacial score (nSPS) is 22.8. The quantitative estimate of drug-likeness (QED) is 0.759. The second-order valence-corrected chi connectivity index (χ2v) is 7.46. The lowest BCUT2D eigenvalue weighted by atomic mass is 9.71. The van der Waals surface area contributed by atoms with Crippen molar-refractivity contribution >= 4 is 27.5 Å². The Kier molecular flexibility index (Phi) is 3.89. The first kappa shape index (κ1) is 14.1. The fourth-order valence-corrected chi connectivity index (χ4v) is 4.32. The van der Waals surface area contributed by atoms with E-state index in [0.29, 0.717) is 16.7 Å². The Morgan fingerprint density at radius 2 is 1.95 bits per heavy atom. The van der Waals surface area contributed by atoms with Crippen molar-refractivity contribution < 1.29 is 4.79 Å². The number of carbonyl (C=O) groups is 1. The molecule has 0 aromatic heterocycles. The molecule has 1 aromatic carbocycles. The van der Waals surface area contributed by atoms with Crippen LogP contribution in [0.1, 0.15) is 61.4 Å². The monoisotopic (exact) mass is 335 g/mol. The summed E-state index contributed by atoms with van der Waals surface area (Å²) < 4.78 is 0. The summed E-state index contributed by atoms with van der Waals surface area (Å²) in [6.07, 6.45) is 8.16. The first-order chi connectivity index (χ1) is 9.58. The van der Waals surface area contributed by atoms with Crippen LogP contribution < -0.4 is 5.32 Å². The Bertz CT molecular complexity index is 520. The van der Waals surface area contributed by atoms with Gasteiger partial charge in [-0.25, -0.2) is 0 Å². The largest absolute Gasteiger partial charge is 0.326 e. The highest BCUT2D eigenvalue weighted by Gasteiger charge is 2.35. The molecule has 1 atom stereocenters. The van der Waals surface area contributed by atoms with Gasteiger partial charge in [0, 0.05) is 16.9 Å². The van der Waals surface area contributed by atoms with Gasteiger partial charge in [0.2, 0.25) is 5.91 Å². The Hall–Kier alpha value is -0.830. The number of amides is 1. The second kappa shape index (κ2) is 5.51. The predicted octanol–water partition coefficient (Wildman–Crippen LogP) is 4.98. The van der Waals surface area contributed by atoms with Crippen LogP contribution in [0, 0.1) is 5.41 Å². The number of anilines is 1. The summed E-state index contributed by atoms with van der Waals surface area (Å²) in [7, 11) is 0. The number of hydrogen-bond donors (Lipinski definition) is 1. The Labute approximate surface area is 129 Å². The third-order valence-corrected chi connectivity index (χ3v) is 6.56. The summed E-state index contributed by atoms with van der Waals surface area (Å²) >= 11 is 3.96. The van der Waals surface area contributed by atoms with Crippen LogP contribution in [0.3, 0.4) is 0 Å². The zero-order chi connectivity index (χ0) is 14.2. The number of aryl methyl sites for hydroxylation is 1. The van der Waals surface area contributed by atoms with E-state index in [0.717, 1.165) is 12.1 Å². The minimum atomic E-state index is 0.139. The number of halogens is 1.